The quantitative estimate of drug-likeness (QED) is 0.547. The van der Waals surface area contributed by atoms with Crippen LogP contribution in [0.1, 0.15) is 44.2 Å². The van der Waals surface area contributed by atoms with E-state index in [-0.39, 0.29) is 0 Å². The minimum absolute atomic E-state index is 0.514. The second-order valence-corrected chi connectivity index (χ2v) is 6.10. The van der Waals surface area contributed by atoms with E-state index < -0.39 is 0 Å². The first-order valence-electron chi connectivity index (χ1n) is 8.64. The van der Waals surface area contributed by atoms with Crippen LogP contribution in [0.15, 0.2) is 36.0 Å². The van der Waals surface area contributed by atoms with Gasteiger partial charge in [-0.25, -0.2) is 4.98 Å². The lowest BCUT2D eigenvalue weighted by Gasteiger charge is -2.13. The summed E-state index contributed by atoms with van der Waals surface area (Å²) in [5, 5.41) is 4.34. The standard InChI is InChI=1S/C20H28N4/c1-5-14(3)23-19-15(4)18-16(10-7-8-13-22-6-2)11-9-12-17(18)24-20(19)21/h6,9,11-12,22H,2,5,7-8,10,13H2,1,3-4H3,(H2,21,24)/b23-14+. The zero-order valence-corrected chi connectivity index (χ0v) is 15.0. The predicted molar refractivity (Wildman–Crippen MR) is 105 cm³/mol. The number of nitrogens with zero attached hydrogens (tertiary/aromatic N) is 2. The van der Waals surface area contributed by atoms with Crippen molar-refractivity contribution in [3.8, 4) is 0 Å². The maximum Gasteiger partial charge on any atom is 0.150 e. The molecule has 0 amide bonds. The Morgan fingerprint density at radius 2 is 2.17 bits per heavy atom. The maximum atomic E-state index is 6.16. The molecule has 0 aliphatic carbocycles. The summed E-state index contributed by atoms with van der Waals surface area (Å²) in [4.78, 5) is 9.28. The van der Waals surface area contributed by atoms with Crippen LogP contribution >= 0.6 is 0 Å². The van der Waals surface area contributed by atoms with Crippen molar-refractivity contribution >= 4 is 28.1 Å². The van der Waals surface area contributed by atoms with Crippen LogP contribution in [0.4, 0.5) is 11.5 Å². The normalized spacial score (nSPS) is 11.7. The van der Waals surface area contributed by atoms with Gasteiger partial charge in [-0.1, -0.05) is 25.6 Å². The number of pyridine rings is 1. The van der Waals surface area contributed by atoms with Crippen LogP contribution in [0.5, 0.6) is 0 Å². The average Bonchev–Trinajstić information content (AvgIpc) is 2.58. The molecule has 1 heterocycles. The van der Waals surface area contributed by atoms with Gasteiger partial charge >= 0.3 is 0 Å². The molecule has 0 aliphatic rings. The summed E-state index contributed by atoms with van der Waals surface area (Å²) in [6.07, 6.45) is 5.92. The molecule has 4 heteroatoms. The molecule has 0 aliphatic heterocycles. The molecule has 0 saturated heterocycles. The molecule has 0 saturated carbocycles. The number of unbranched alkanes of at least 4 members (excludes halogenated alkanes) is 1. The molecule has 0 unspecified atom stereocenters. The molecule has 1 aromatic heterocycles. The Bertz CT molecular complexity index is 747. The summed E-state index contributed by atoms with van der Waals surface area (Å²) >= 11 is 0. The van der Waals surface area contributed by atoms with Gasteiger partial charge in [0.05, 0.1) is 5.52 Å². The molecule has 0 fully saturated rings. The van der Waals surface area contributed by atoms with Crippen molar-refractivity contribution in [2.75, 3.05) is 12.3 Å². The van der Waals surface area contributed by atoms with Crippen molar-refractivity contribution in [1.29, 1.82) is 0 Å². The largest absolute Gasteiger partial charge is 0.391 e. The van der Waals surface area contributed by atoms with E-state index in [0.717, 1.165) is 54.7 Å². The minimum atomic E-state index is 0.514. The van der Waals surface area contributed by atoms with Gasteiger partial charge in [0.25, 0.3) is 0 Å². The van der Waals surface area contributed by atoms with Gasteiger partial charge in [-0.2, -0.15) is 0 Å². The number of nitrogens with two attached hydrogens (primary N) is 1. The topological polar surface area (TPSA) is 63.3 Å². The van der Waals surface area contributed by atoms with E-state index in [0.29, 0.717) is 5.82 Å². The smallest absolute Gasteiger partial charge is 0.150 e. The Morgan fingerprint density at radius 3 is 2.88 bits per heavy atom. The Morgan fingerprint density at radius 1 is 1.38 bits per heavy atom. The summed E-state index contributed by atoms with van der Waals surface area (Å²) in [7, 11) is 0. The summed E-state index contributed by atoms with van der Waals surface area (Å²) < 4.78 is 0. The molecule has 2 aromatic rings. The molecular formula is C20H28N4. The molecule has 1 aromatic carbocycles. The molecule has 3 N–H and O–H groups in total. The SMILES string of the molecule is C=CNCCCCc1cccc2nc(N)c(/N=C(\C)CC)c(C)c12. The molecule has 0 radical (unpaired) electrons. The number of anilines is 1. The monoisotopic (exact) mass is 324 g/mol. The first-order valence-corrected chi connectivity index (χ1v) is 8.64. The number of fused-ring (bicyclic) bond motifs is 1. The van der Waals surface area contributed by atoms with Crippen molar-refractivity contribution < 1.29 is 0 Å². The third kappa shape index (κ3) is 4.13. The Kier molecular flexibility index (Phi) is 6.36. The van der Waals surface area contributed by atoms with Gasteiger partial charge in [-0.05, 0) is 62.9 Å². The lowest BCUT2D eigenvalue weighted by Crippen LogP contribution is -2.06. The number of aromatic nitrogens is 1. The number of hydrogen-bond acceptors (Lipinski definition) is 4. The summed E-state index contributed by atoms with van der Waals surface area (Å²) in [6.45, 7) is 10.9. The fourth-order valence-electron chi connectivity index (χ4n) is 2.87. The van der Waals surface area contributed by atoms with Gasteiger partial charge in [0.2, 0.25) is 0 Å². The summed E-state index contributed by atoms with van der Waals surface area (Å²) in [6, 6.07) is 6.28. The predicted octanol–water partition coefficient (Wildman–Crippen LogP) is 4.68. The second kappa shape index (κ2) is 8.48. The van der Waals surface area contributed by atoms with Gasteiger partial charge in [0.1, 0.15) is 11.5 Å². The van der Waals surface area contributed by atoms with Crippen LogP contribution in [-0.2, 0) is 6.42 Å². The van der Waals surface area contributed by atoms with Crippen LogP contribution in [0.3, 0.4) is 0 Å². The number of aryl methyl sites for hydroxylation is 2. The molecule has 24 heavy (non-hydrogen) atoms. The Labute approximate surface area is 144 Å². The number of rotatable bonds is 8. The van der Waals surface area contributed by atoms with E-state index in [1.165, 1.54) is 10.9 Å². The summed E-state index contributed by atoms with van der Waals surface area (Å²) in [5.74, 6) is 0.514. The van der Waals surface area contributed by atoms with Crippen molar-refractivity contribution in [2.45, 2.75) is 46.5 Å². The zero-order chi connectivity index (χ0) is 17.5. The number of nitrogens with one attached hydrogen (secondary N) is 1. The summed E-state index contributed by atoms with van der Waals surface area (Å²) in [5.41, 5.74) is 11.5. The van der Waals surface area contributed by atoms with Crippen molar-refractivity contribution in [3.05, 3.63) is 42.1 Å². The van der Waals surface area contributed by atoms with Gasteiger partial charge in [0, 0.05) is 17.6 Å². The van der Waals surface area contributed by atoms with Crippen LogP contribution in [0, 0.1) is 6.92 Å². The lowest BCUT2D eigenvalue weighted by atomic mass is 9.98. The van der Waals surface area contributed by atoms with Crippen LogP contribution in [0.2, 0.25) is 0 Å². The number of aliphatic imine (C=N–C) groups is 1. The molecule has 0 atom stereocenters. The van der Waals surface area contributed by atoms with E-state index in [9.17, 15) is 0 Å². The highest BCUT2D eigenvalue weighted by Crippen LogP contribution is 2.34. The number of hydrogen-bond donors (Lipinski definition) is 2. The first-order chi connectivity index (χ1) is 11.6. The highest BCUT2D eigenvalue weighted by atomic mass is 14.9. The number of nitrogen functional groups attached to an aromatic ring is 1. The van der Waals surface area contributed by atoms with Gasteiger partial charge in [0.15, 0.2) is 0 Å². The lowest BCUT2D eigenvalue weighted by molar-refractivity contribution is 0.697. The van der Waals surface area contributed by atoms with E-state index in [2.05, 4.69) is 42.9 Å². The van der Waals surface area contributed by atoms with E-state index in [1.54, 1.807) is 6.20 Å². The van der Waals surface area contributed by atoms with E-state index >= 15 is 0 Å². The van der Waals surface area contributed by atoms with Gasteiger partial charge in [-0.15, -0.1) is 0 Å². The average molecular weight is 324 g/mol. The molecule has 0 spiro atoms. The highest BCUT2D eigenvalue weighted by molar-refractivity contribution is 5.95. The fourth-order valence-corrected chi connectivity index (χ4v) is 2.87. The third-order valence-electron chi connectivity index (χ3n) is 4.32. The van der Waals surface area contributed by atoms with Crippen molar-refractivity contribution in [1.82, 2.24) is 10.3 Å². The first kappa shape index (κ1) is 18.0. The maximum absolute atomic E-state index is 6.16. The second-order valence-electron chi connectivity index (χ2n) is 6.10. The van der Waals surface area contributed by atoms with Crippen LogP contribution < -0.4 is 11.1 Å². The Hall–Kier alpha value is -2.36. The molecule has 128 valence electrons. The van der Waals surface area contributed by atoms with Crippen LogP contribution in [-0.4, -0.2) is 17.2 Å². The molecular weight excluding hydrogens is 296 g/mol. The third-order valence-corrected chi connectivity index (χ3v) is 4.32. The molecule has 4 nitrogen and oxygen atoms in total. The van der Waals surface area contributed by atoms with Gasteiger partial charge < -0.3 is 11.1 Å². The van der Waals surface area contributed by atoms with Crippen molar-refractivity contribution in [3.63, 3.8) is 0 Å². The molecule has 2 rings (SSSR count). The Balaban J connectivity index is 2.39. The highest BCUT2D eigenvalue weighted by Gasteiger charge is 2.12. The van der Waals surface area contributed by atoms with Crippen molar-refractivity contribution in [2.24, 2.45) is 4.99 Å². The van der Waals surface area contributed by atoms with E-state index in [4.69, 9.17) is 10.7 Å². The zero-order valence-electron chi connectivity index (χ0n) is 15.0. The van der Waals surface area contributed by atoms with Gasteiger partial charge in [-0.3, -0.25) is 4.99 Å². The fraction of sp³-hybridized carbons (Fsp3) is 0.400. The minimum Gasteiger partial charge on any atom is -0.391 e. The van der Waals surface area contributed by atoms with E-state index in [1.807, 2.05) is 13.0 Å². The van der Waals surface area contributed by atoms with Crippen LogP contribution in [0.25, 0.3) is 10.9 Å². The molecule has 0 bridgehead atoms. The number of benzene rings is 1.